The first-order valence-electron chi connectivity index (χ1n) is 12.2. The molecule has 6 heteroatoms. The lowest BCUT2D eigenvalue weighted by Gasteiger charge is -2.53. The molecule has 0 radical (unpaired) electrons. The van der Waals surface area contributed by atoms with E-state index in [2.05, 4.69) is 29.2 Å². The molecule has 4 bridgehead atoms. The minimum Gasteiger partial charge on any atom is -0.496 e. The summed E-state index contributed by atoms with van der Waals surface area (Å²) in [6.07, 6.45) is 3.53. The van der Waals surface area contributed by atoms with Crippen molar-refractivity contribution < 1.29 is 24.8 Å². The molecule has 2 saturated heterocycles. The van der Waals surface area contributed by atoms with E-state index in [1.54, 1.807) is 14.2 Å². The van der Waals surface area contributed by atoms with Crippen LogP contribution in [0.1, 0.15) is 55.7 Å². The second kappa shape index (κ2) is 9.26. The Bertz CT molecular complexity index is 994. The number of aliphatic hydroxyl groups excluding tert-OH is 3. The third-order valence-corrected chi connectivity index (χ3v) is 7.93. The van der Waals surface area contributed by atoms with Crippen LogP contribution in [0.4, 0.5) is 0 Å². The van der Waals surface area contributed by atoms with Gasteiger partial charge < -0.3 is 24.8 Å². The highest BCUT2D eigenvalue weighted by atomic mass is 16.5. The molecule has 3 N–H and O–H groups in total. The second-order valence-corrected chi connectivity index (χ2v) is 9.83. The molecule has 2 fully saturated rings. The Morgan fingerprint density at radius 1 is 0.848 bits per heavy atom. The van der Waals surface area contributed by atoms with Crippen LogP contribution in [0.25, 0.3) is 11.1 Å². The van der Waals surface area contributed by atoms with Gasteiger partial charge in [-0.3, -0.25) is 4.90 Å². The standard InChI is InChI=1S/C27H35NO5/c1-32-25-10-7-16-6-9-19(29)14-18-4-3-5-22-27(31)24(30)15-23(28(18)22)17-8-11-26(33-2)21(13-17)20(25)12-16/h7-8,10-13,18-19,22-24,27,29-31H,3-6,9,14-15H2,1-2H3/t18-,19+,22-,23+,24+,27-/m0/s1. The van der Waals surface area contributed by atoms with E-state index >= 15 is 0 Å². The van der Waals surface area contributed by atoms with E-state index in [0.29, 0.717) is 19.3 Å². The smallest absolute Gasteiger partial charge is 0.126 e. The molecule has 178 valence electrons. The normalized spacial score (nSPS) is 32.0. The van der Waals surface area contributed by atoms with Crippen molar-refractivity contribution in [3.63, 3.8) is 0 Å². The second-order valence-electron chi connectivity index (χ2n) is 9.83. The van der Waals surface area contributed by atoms with Gasteiger partial charge >= 0.3 is 0 Å². The van der Waals surface area contributed by atoms with Gasteiger partial charge in [0.15, 0.2) is 0 Å². The van der Waals surface area contributed by atoms with Gasteiger partial charge in [-0.15, -0.1) is 0 Å². The van der Waals surface area contributed by atoms with Gasteiger partial charge in [0.05, 0.1) is 32.5 Å². The summed E-state index contributed by atoms with van der Waals surface area (Å²) < 4.78 is 11.4. The SMILES string of the molecule is COc1ccc2cc1-c1cc(ccc1OC)[C@H]1C[C@@H](O)[C@@H](O)[C@@H]3CCC[C@@H](C[C@H](O)CC2)N13. The van der Waals surface area contributed by atoms with E-state index < -0.39 is 18.3 Å². The van der Waals surface area contributed by atoms with Gasteiger partial charge in [-0.1, -0.05) is 18.6 Å². The van der Waals surface area contributed by atoms with Crippen LogP contribution in [0, 0.1) is 0 Å². The average molecular weight is 454 g/mol. The molecule has 6 atom stereocenters. The summed E-state index contributed by atoms with van der Waals surface area (Å²) >= 11 is 0. The lowest BCUT2D eigenvalue weighted by Crippen LogP contribution is -2.61. The third-order valence-electron chi connectivity index (χ3n) is 7.93. The maximum absolute atomic E-state index is 11.0. The number of fused-ring (bicyclic) bond motifs is 6. The van der Waals surface area contributed by atoms with Crippen LogP contribution < -0.4 is 9.47 Å². The molecule has 0 aromatic heterocycles. The Morgan fingerprint density at radius 2 is 1.58 bits per heavy atom. The molecule has 0 saturated carbocycles. The molecule has 0 unspecified atom stereocenters. The van der Waals surface area contributed by atoms with Crippen molar-refractivity contribution in [2.45, 2.75) is 81.4 Å². The highest BCUT2D eigenvalue weighted by Gasteiger charge is 2.47. The van der Waals surface area contributed by atoms with Crippen molar-refractivity contribution in [2.24, 2.45) is 0 Å². The Morgan fingerprint density at radius 3 is 2.33 bits per heavy atom. The fraction of sp³-hybridized carbons (Fsp3) is 0.556. The molecule has 3 heterocycles. The molecule has 0 aliphatic carbocycles. The van der Waals surface area contributed by atoms with Crippen LogP contribution in [-0.4, -0.2) is 64.8 Å². The van der Waals surface area contributed by atoms with Gasteiger partial charge in [-0.25, -0.2) is 0 Å². The molecule has 0 amide bonds. The number of aliphatic hydroxyl groups is 3. The molecule has 6 nitrogen and oxygen atoms in total. The molecule has 2 aromatic carbocycles. The number of nitrogens with zero attached hydrogens (tertiary/aromatic N) is 1. The van der Waals surface area contributed by atoms with Crippen molar-refractivity contribution >= 4 is 0 Å². The van der Waals surface area contributed by atoms with Crippen molar-refractivity contribution in [1.82, 2.24) is 4.90 Å². The van der Waals surface area contributed by atoms with Crippen molar-refractivity contribution in [2.75, 3.05) is 14.2 Å². The maximum atomic E-state index is 11.0. The summed E-state index contributed by atoms with van der Waals surface area (Å²) in [7, 11) is 3.35. The molecule has 0 spiro atoms. The van der Waals surface area contributed by atoms with E-state index in [0.717, 1.165) is 59.4 Å². The summed E-state index contributed by atoms with van der Waals surface area (Å²) in [5.74, 6) is 1.55. The quantitative estimate of drug-likeness (QED) is 0.646. The predicted octanol–water partition coefficient (Wildman–Crippen LogP) is 3.46. The number of hydrogen-bond donors (Lipinski definition) is 3. The van der Waals surface area contributed by atoms with Crippen LogP contribution >= 0.6 is 0 Å². The summed E-state index contributed by atoms with van der Waals surface area (Å²) in [6, 6.07) is 12.5. The monoisotopic (exact) mass is 453 g/mol. The zero-order valence-corrected chi connectivity index (χ0v) is 19.5. The Hall–Kier alpha value is -2.12. The highest BCUT2D eigenvalue weighted by molar-refractivity contribution is 5.77. The van der Waals surface area contributed by atoms with E-state index in [9.17, 15) is 15.3 Å². The van der Waals surface area contributed by atoms with E-state index in [4.69, 9.17) is 9.47 Å². The van der Waals surface area contributed by atoms with E-state index in [1.165, 1.54) is 0 Å². The first kappa shape index (κ1) is 22.7. The number of ether oxygens (including phenoxy) is 2. The minimum atomic E-state index is -0.765. The topological polar surface area (TPSA) is 82.4 Å². The summed E-state index contributed by atoms with van der Waals surface area (Å²) in [6.45, 7) is 0. The molecule has 33 heavy (non-hydrogen) atoms. The number of methoxy groups -OCH3 is 2. The summed E-state index contributed by atoms with van der Waals surface area (Å²) in [4.78, 5) is 2.40. The number of aryl methyl sites for hydroxylation is 1. The molecule has 3 aliphatic heterocycles. The van der Waals surface area contributed by atoms with Crippen molar-refractivity contribution in [1.29, 1.82) is 0 Å². The number of rotatable bonds is 2. The summed E-state index contributed by atoms with van der Waals surface area (Å²) in [5, 5.41) is 32.6. The lowest BCUT2D eigenvalue weighted by molar-refractivity contribution is -0.134. The van der Waals surface area contributed by atoms with E-state index in [-0.39, 0.29) is 18.1 Å². The fourth-order valence-corrected chi connectivity index (χ4v) is 6.29. The average Bonchev–Trinajstić information content (AvgIpc) is 2.84. The van der Waals surface area contributed by atoms with Crippen LogP contribution in [-0.2, 0) is 6.42 Å². The van der Waals surface area contributed by atoms with Crippen LogP contribution in [0.5, 0.6) is 11.5 Å². The van der Waals surface area contributed by atoms with Crippen LogP contribution in [0.15, 0.2) is 36.4 Å². The lowest BCUT2D eigenvalue weighted by atomic mass is 9.78. The maximum Gasteiger partial charge on any atom is 0.126 e. The third kappa shape index (κ3) is 4.14. The largest absolute Gasteiger partial charge is 0.496 e. The van der Waals surface area contributed by atoms with Crippen LogP contribution in [0.3, 0.4) is 0 Å². The van der Waals surface area contributed by atoms with Gasteiger partial charge in [0.2, 0.25) is 0 Å². The molecule has 3 aliphatic rings. The zero-order valence-electron chi connectivity index (χ0n) is 19.5. The van der Waals surface area contributed by atoms with Gasteiger partial charge in [-0.2, -0.15) is 0 Å². The van der Waals surface area contributed by atoms with Gasteiger partial charge in [0.1, 0.15) is 11.5 Å². The predicted molar refractivity (Wildman–Crippen MR) is 127 cm³/mol. The molecule has 5 rings (SSSR count). The number of hydrogen-bond acceptors (Lipinski definition) is 6. The molecular weight excluding hydrogens is 418 g/mol. The summed E-state index contributed by atoms with van der Waals surface area (Å²) in [5.41, 5.74) is 4.17. The first-order valence-corrected chi connectivity index (χ1v) is 12.2. The van der Waals surface area contributed by atoms with Gasteiger partial charge in [0, 0.05) is 29.3 Å². The Labute approximate surface area is 195 Å². The van der Waals surface area contributed by atoms with Gasteiger partial charge in [0.25, 0.3) is 0 Å². The number of piperidine rings is 2. The Kier molecular flexibility index (Phi) is 6.36. The van der Waals surface area contributed by atoms with Crippen molar-refractivity contribution in [3.8, 4) is 22.6 Å². The van der Waals surface area contributed by atoms with Crippen LogP contribution in [0.2, 0.25) is 0 Å². The molecular formula is C27H35NO5. The highest BCUT2D eigenvalue weighted by Crippen LogP contribution is 2.46. The Balaban J connectivity index is 1.69. The minimum absolute atomic E-state index is 0.0366. The fourth-order valence-electron chi connectivity index (χ4n) is 6.29. The molecule has 2 aromatic rings. The van der Waals surface area contributed by atoms with Crippen molar-refractivity contribution in [3.05, 3.63) is 47.5 Å². The first-order chi connectivity index (χ1) is 16.0. The zero-order chi connectivity index (χ0) is 23.1. The number of benzene rings is 2. The van der Waals surface area contributed by atoms with Gasteiger partial charge in [-0.05, 0) is 73.9 Å². The van der Waals surface area contributed by atoms with E-state index in [1.807, 2.05) is 12.1 Å².